The summed E-state index contributed by atoms with van der Waals surface area (Å²) in [5.41, 5.74) is 0.784. The van der Waals surface area contributed by atoms with Gasteiger partial charge < -0.3 is 4.90 Å². The van der Waals surface area contributed by atoms with E-state index in [4.69, 9.17) is 11.6 Å². The minimum atomic E-state index is 0.146. The lowest BCUT2D eigenvalue weighted by Gasteiger charge is -2.34. The van der Waals surface area contributed by atoms with Gasteiger partial charge in [0.2, 0.25) is 0 Å². The number of hydrogen-bond acceptors (Lipinski definition) is 2. The molecule has 1 amide bonds. The van der Waals surface area contributed by atoms with Crippen molar-refractivity contribution in [3.05, 3.63) is 35.9 Å². The predicted octanol–water partition coefficient (Wildman–Crippen LogP) is 2.07. The van der Waals surface area contributed by atoms with E-state index in [0.29, 0.717) is 5.88 Å². The highest BCUT2D eigenvalue weighted by molar-refractivity contribution is 6.17. The van der Waals surface area contributed by atoms with Crippen molar-refractivity contribution in [3.63, 3.8) is 0 Å². The van der Waals surface area contributed by atoms with Crippen molar-refractivity contribution in [2.75, 3.05) is 38.6 Å². The van der Waals surface area contributed by atoms with Crippen LogP contribution in [0.3, 0.4) is 0 Å². The lowest BCUT2D eigenvalue weighted by Crippen LogP contribution is -2.48. The molecule has 0 aromatic heterocycles. The van der Waals surface area contributed by atoms with Crippen LogP contribution in [0.2, 0.25) is 0 Å². The summed E-state index contributed by atoms with van der Waals surface area (Å²) < 4.78 is 0. The Hall–Kier alpha value is -1.06. The fourth-order valence-electron chi connectivity index (χ4n) is 2.22. The molecule has 1 heterocycles. The Kier molecular flexibility index (Phi) is 5.02. The molecule has 0 spiro atoms. The molecule has 0 unspecified atom stereocenters. The van der Waals surface area contributed by atoms with Crippen LogP contribution in [0.4, 0.5) is 0 Å². The number of rotatable bonds is 4. The number of alkyl halides is 1. The molecule has 1 saturated heterocycles. The topological polar surface area (TPSA) is 23.6 Å². The second-order valence-electron chi connectivity index (χ2n) is 4.54. The summed E-state index contributed by atoms with van der Waals surface area (Å²) in [5, 5.41) is 0. The van der Waals surface area contributed by atoms with Crippen molar-refractivity contribution in [2.24, 2.45) is 0 Å². The highest BCUT2D eigenvalue weighted by Crippen LogP contribution is 2.09. The molecular weight excluding hydrogens is 248 g/mol. The number of hydrogen-bond donors (Lipinski definition) is 0. The average molecular weight is 267 g/mol. The molecule has 0 atom stereocenters. The molecule has 0 saturated carbocycles. The predicted molar refractivity (Wildman–Crippen MR) is 74.1 cm³/mol. The molecule has 98 valence electrons. The third-order valence-corrected chi connectivity index (χ3v) is 3.56. The maximum atomic E-state index is 12.2. The Morgan fingerprint density at radius 3 is 2.39 bits per heavy atom. The highest BCUT2D eigenvalue weighted by atomic mass is 35.5. The summed E-state index contributed by atoms with van der Waals surface area (Å²) in [7, 11) is 0. The van der Waals surface area contributed by atoms with E-state index in [1.54, 1.807) is 0 Å². The first-order chi connectivity index (χ1) is 8.81. The molecule has 1 aliphatic rings. The van der Waals surface area contributed by atoms with Gasteiger partial charge in [0.05, 0.1) is 0 Å². The van der Waals surface area contributed by atoms with Crippen molar-refractivity contribution in [1.29, 1.82) is 0 Å². The van der Waals surface area contributed by atoms with Gasteiger partial charge in [-0.1, -0.05) is 18.2 Å². The van der Waals surface area contributed by atoms with Crippen LogP contribution in [-0.2, 0) is 0 Å². The van der Waals surface area contributed by atoms with Gasteiger partial charge in [0.25, 0.3) is 5.91 Å². The number of halogens is 1. The molecule has 3 nitrogen and oxygen atoms in total. The van der Waals surface area contributed by atoms with Crippen molar-refractivity contribution >= 4 is 17.5 Å². The van der Waals surface area contributed by atoms with Crippen LogP contribution in [0, 0.1) is 0 Å². The molecular formula is C14H19ClN2O. The fraction of sp³-hybridized carbons (Fsp3) is 0.500. The van der Waals surface area contributed by atoms with Crippen molar-refractivity contribution < 1.29 is 4.79 Å². The van der Waals surface area contributed by atoms with Crippen molar-refractivity contribution in [1.82, 2.24) is 9.80 Å². The molecule has 0 N–H and O–H groups in total. The zero-order valence-electron chi connectivity index (χ0n) is 10.5. The van der Waals surface area contributed by atoms with Crippen LogP contribution in [0.15, 0.2) is 30.3 Å². The maximum Gasteiger partial charge on any atom is 0.253 e. The second kappa shape index (κ2) is 6.76. The summed E-state index contributed by atoms with van der Waals surface area (Å²) in [6, 6.07) is 9.50. The van der Waals surface area contributed by atoms with Gasteiger partial charge in [-0.05, 0) is 25.1 Å². The van der Waals surface area contributed by atoms with Crippen LogP contribution in [0.1, 0.15) is 16.8 Å². The molecule has 1 aromatic rings. The number of nitrogens with zero attached hydrogens (tertiary/aromatic N) is 2. The van der Waals surface area contributed by atoms with Gasteiger partial charge in [-0.3, -0.25) is 9.69 Å². The standard InChI is InChI=1S/C14H19ClN2O/c15-7-4-8-16-9-11-17(12-10-16)14(18)13-5-2-1-3-6-13/h1-3,5-6H,4,7-12H2. The summed E-state index contributed by atoms with van der Waals surface area (Å²) in [5.74, 6) is 0.857. The van der Waals surface area contributed by atoms with Gasteiger partial charge in [-0.15, -0.1) is 11.6 Å². The molecule has 1 aliphatic heterocycles. The van der Waals surface area contributed by atoms with Gasteiger partial charge in [0.1, 0.15) is 0 Å². The Bertz CT molecular complexity index is 375. The van der Waals surface area contributed by atoms with E-state index in [-0.39, 0.29) is 5.91 Å². The van der Waals surface area contributed by atoms with Crippen LogP contribution in [0.5, 0.6) is 0 Å². The lowest BCUT2D eigenvalue weighted by molar-refractivity contribution is 0.0637. The zero-order chi connectivity index (χ0) is 12.8. The molecule has 0 bridgehead atoms. The number of amides is 1. The maximum absolute atomic E-state index is 12.2. The Morgan fingerprint density at radius 1 is 1.11 bits per heavy atom. The van der Waals surface area contributed by atoms with Crippen LogP contribution < -0.4 is 0 Å². The van der Waals surface area contributed by atoms with E-state index in [1.807, 2.05) is 35.2 Å². The minimum Gasteiger partial charge on any atom is -0.336 e. The fourth-order valence-corrected chi connectivity index (χ4v) is 2.34. The van der Waals surface area contributed by atoms with Crippen LogP contribution in [0.25, 0.3) is 0 Å². The van der Waals surface area contributed by atoms with E-state index in [2.05, 4.69) is 4.90 Å². The summed E-state index contributed by atoms with van der Waals surface area (Å²) >= 11 is 5.69. The van der Waals surface area contributed by atoms with Gasteiger partial charge in [0, 0.05) is 37.6 Å². The minimum absolute atomic E-state index is 0.146. The molecule has 1 aromatic carbocycles. The molecule has 0 radical (unpaired) electrons. The number of piperazine rings is 1. The van der Waals surface area contributed by atoms with E-state index in [0.717, 1.165) is 44.7 Å². The van der Waals surface area contributed by atoms with Gasteiger partial charge in [-0.2, -0.15) is 0 Å². The first kappa shape index (κ1) is 13.4. The molecule has 0 aliphatic carbocycles. The van der Waals surface area contributed by atoms with Crippen LogP contribution in [-0.4, -0.2) is 54.3 Å². The third kappa shape index (κ3) is 3.47. The Morgan fingerprint density at radius 2 is 1.78 bits per heavy atom. The molecule has 18 heavy (non-hydrogen) atoms. The highest BCUT2D eigenvalue weighted by Gasteiger charge is 2.21. The first-order valence-corrected chi connectivity index (χ1v) is 6.97. The number of carbonyl (C=O) groups is 1. The summed E-state index contributed by atoms with van der Waals surface area (Å²) in [6.45, 7) is 4.58. The monoisotopic (exact) mass is 266 g/mol. The van der Waals surface area contributed by atoms with E-state index in [1.165, 1.54) is 0 Å². The van der Waals surface area contributed by atoms with Gasteiger partial charge >= 0.3 is 0 Å². The first-order valence-electron chi connectivity index (χ1n) is 6.44. The number of carbonyl (C=O) groups excluding carboxylic acids is 1. The van der Waals surface area contributed by atoms with Gasteiger partial charge in [-0.25, -0.2) is 0 Å². The summed E-state index contributed by atoms with van der Waals surface area (Å²) in [6.07, 6.45) is 1.02. The number of benzene rings is 1. The normalized spacial score (nSPS) is 16.8. The average Bonchev–Trinajstić information content (AvgIpc) is 2.46. The lowest BCUT2D eigenvalue weighted by atomic mass is 10.2. The third-order valence-electron chi connectivity index (χ3n) is 3.29. The summed E-state index contributed by atoms with van der Waals surface area (Å²) in [4.78, 5) is 16.5. The quantitative estimate of drug-likeness (QED) is 0.779. The SMILES string of the molecule is O=C(c1ccccc1)N1CCN(CCCCl)CC1. The largest absolute Gasteiger partial charge is 0.336 e. The smallest absolute Gasteiger partial charge is 0.253 e. The van der Waals surface area contributed by atoms with E-state index < -0.39 is 0 Å². The van der Waals surface area contributed by atoms with Crippen molar-refractivity contribution in [2.45, 2.75) is 6.42 Å². The Labute approximate surface area is 113 Å². The van der Waals surface area contributed by atoms with Crippen LogP contribution >= 0.6 is 11.6 Å². The second-order valence-corrected chi connectivity index (χ2v) is 4.92. The molecule has 1 fully saturated rings. The zero-order valence-corrected chi connectivity index (χ0v) is 11.3. The van der Waals surface area contributed by atoms with Crippen molar-refractivity contribution in [3.8, 4) is 0 Å². The van der Waals surface area contributed by atoms with E-state index >= 15 is 0 Å². The Balaban J connectivity index is 1.84. The molecule has 4 heteroatoms. The molecule has 2 rings (SSSR count). The van der Waals surface area contributed by atoms with Gasteiger partial charge in [0.15, 0.2) is 0 Å². The van der Waals surface area contributed by atoms with E-state index in [9.17, 15) is 4.79 Å².